The number of hydrogen-bond acceptors (Lipinski definition) is 7. The number of nitrogens with zero attached hydrogens (tertiary/aromatic N) is 1. The normalized spacial score (nSPS) is 20.3. The summed E-state index contributed by atoms with van der Waals surface area (Å²) < 4.78 is 41.1. The lowest BCUT2D eigenvalue weighted by atomic mass is 9.93. The van der Waals surface area contributed by atoms with Crippen LogP contribution in [0.3, 0.4) is 0 Å². The van der Waals surface area contributed by atoms with Gasteiger partial charge in [0, 0.05) is 41.8 Å². The molecule has 0 saturated heterocycles. The molecule has 0 aliphatic heterocycles. The lowest BCUT2D eigenvalue weighted by Gasteiger charge is -2.16. The highest BCUT2D eigenvalue weighted by Crippen LogP contribution is 2.62. The molecule has 4 N–H and O–H groups in total. The van der Waals surface area contributed by atoms with Crippen LogP contribution in [0.5, 0.6) is 11.6 Å². The van der Waals surface area contributed by atoms with Crippen LogP contribution < -0.4 is 9.47 Å². The van der Waals surface area contributed by atoms with Crippen LogP contribution in [0.2, 0.25) is 0 Å². The van der Waals surface area contributed by atoms with Crippen molar-refractivity contribution >= 4 is 0 Å². The molecule has 0 amide bonds. The number of aliphatic hydroxyl groups excluding tert-OH is 3. The van der Waals surface area contributed by atoms with Crippen LogP contribution in [0.1, 0.15) is 40.2 Å². The second-order valence-corrected chi connectivity index (χ2v) is 10.2. The van der Waals surface area contributed by atoms with E-state index in [1.54, 1.807) is 24.4 Å². The molecular formula is C29H31F2NO6. The van der Waals surface area contributed by atoms with E-state index in [1.165, 1.54) is 6.07 Å². The van der Waals surface area contributed by atoms with Crippen LogP contribution in [-0.4, -0.2) is 51.0 Å². The van der Waals surface area contributed by atoms with E-state index >= 15 is 0 Å². The third-order valence-electron chi connectivity index (χ3n) is 7.61. The molecule has 1 fully saturated rings. The molecule has 9 heteroatoms. The Kier molecular flexibility index (Phi) is 7.37. The number of halogens is 2. The minimum atomic E-state index is -1.33. The van der Waals surface area contributed by atoms with Gasteiger partial charge in [0.1, 0.15) is 24.0 Å². The third-order valence-corrected chi connectivity index (χ3v) is 7.61. The fraction of sp³-hybridized carbons (Fsp3) is 0.414. The molecule has 1 saturated carbocycles. The van der Waals surface area contributed by atoms with Gasteiger partial charge in [0.05, 0.1) is 19.3 Å². The zero-order valence-corrected chi connectivity index (χ0v) is 21.2. The van der Waals surface area contributed by atoms with Gasteiger partial charge >= 0.3 is 0 Å². The minimum Gasteiger partial charge on any atom is -0.493 e. The Hall–Kier alpha value is -3.11. The van der Waals surface area contributed by atoms with E-state index < -0.39 is 24.0 Å². The Morgan fingerprint density at radius 2 is 1.74 bits per heavy atom. The maximum absolute atomic E-state index is 14.9. The Balaban J connectivity index is 1.31. The van der Waals surface area contributed by atoms with Gasteiger partial charge in [0.25, 0.3) is 0 Å². The summed E-state index contributed by atoms with van der Waals surface area (Å²) in [5.41, 5.74) is 4.59. The zero-order chi connectivity index (χ0) is 27.1. The quantitative estimate of drug-likeness (QED) is 0.299. The molecule has 2 aromatic carbocycles. The van der Waals surface area contributed by atoms with E-state index in [-0.39, 0.29) is 55.1 Å². The van der Waals surface area contributed by atoms with E-state index in [9.17, 15) is 24.1 Å². The summed E-state index contributed by atoms with van der Waals surface area (Å²) in [6.07, 6.45) is 0.502. The monoisotopic (exact) mass is 527 g/mol. The van der Waals surface area contributed by atoms with E-state index in [2.05, 4.69) is 4.98 Å². The number of aliphatic hydroxyl groups is 4. The molecule has 7 nitrogen and oxygen atoms in total. The van der Waals surface area contributed by atoms with Gasteiger partial charge < -0.3 is 29.9 Å². The molecule has 202 valence electrons. The second kappa shape index (κ2) is 10.6. The van der Waals surface area contributed by atoms with Crippen molar-refractivity contribution in [3.05, 3.63) is 76.0 Å². The van der Waals surface area contributed by atoms with E-state index in [0.717, 1.165) is 34.7 Å². The number of aromatic nitrogens is 1. The zero-order valence-electron chi connectivity index (χ0n) is 21.2. The van der Waals surface area contributed by atoms with Gasteiger partial charge in [0.2, 0.25) is 5.88 Å². The van der Waals surface area contributed by atoms with Gasteiger partial charge in [-0.05, 0) is 78.1 Å². The summed E-state index contributed by atoms with van der Waals surface area (Å²) in [6, 6.07) is 7.63. The van der Waals surface area contributed by atoms with Crippen LogP contribution in [0.15, 0.2) is 36.5 Å². The summed E-state index contributed by atoms with van der Waals surface area (Å²) in [5.74, 6) is -0.348. The number of aryl methyl sites for hydroxylation is 2. The van der Waals surface area contributed by atoms with Crippen molar-refractivity contribution < 1.29 is 38.7 Å². The van der Waals surface area contributed by atoms with Crippen LogP contribution in [0, 0.1) is 37.3 Å². The first kappa shape index (κ1) is 26.5. The smallest absolute Gasteiger partial charge is 0.213 e. The number of ether oxygens (including phenoxy) is 2. The molecule has 5 rings (SSSR count). The van der Waals surface area contributed by atoms with Crippen LogP contribution >= 0.6 is 0 Å². The lowest BCUT2D eigenvalue weighted by Crippen LogP contribution is -2.15. The van der Waals surface area contributed by atoms with Crippen molar-refractivity contribution in [3.63, 3.8) is 0 Å². The van der Waals surface area contributed by atoms with E-state index in [4.69, 9.17) is 14.6 Å². The third kappa shape index (κ3) is 5.11. The number of pyridine rings is 1. The molecule has 1 aromatic heterocycles. The van der Waals surface area contributed by atoms with Gasteiger partial charge in [-0.2, -0.15) is 0 Å². The van der Waals surface area contributed by atoms with Gasteiger partial charge in [0.15, 0.2) is 6.29 Å². The first-order valence-electron chi connectivity index (χ1n) is 12.7. The molecule has 4 atom stereocenters. The largest absolute Gasteiger partial charge is 0.493 e. The van der Waals surface area contributed by atoms with Crippen molar-refractivity contribution in [1.82, 2.24) is 4.98 Å². The fourth-order valence-corrected chi connectivity index (χ4v) is 5.69. The molecule has 0 unspecified atom stereocenters. The van der Waals surface area contributed by atoms with Crippen molar-refractivity contribution in [1.29, 1.82) is 0 Å². The Bertz CT molecular complexity index is 1320. The van der Waals surface area contributed by atoms with Gasteiger partial charge in [-0.3, -0.25) is 0 Å². The second-order valence-electron chi connectivity index (χ2n) is 10.2. The van der Waals surface area contributed by atoms with Gasteiger partial charge in [-0.25, -0.2) is 13.8 Å². The van der Waals surface area contributed by atoms with Crippen LogP contribution in [-0.2, 0) is 13.0 Å². The van der Waals surface area contributed by atoms with E-state index in [0.29, 0.717) is 17.2 Å². The standard InChI is InChI=1S/C29H31F2NO6/c1-14-5-19(37-4-3-18(34)12-33)6-15(2)26(14)20-8-17(23(30)10-24(20)31)13-38-25-9-16-7-21-27(22(16)11-32-25)28(21)29(35)36/h5-6,8-11,18,21,27-29,33-36H,3-4,7,12-13H2,1-2H3/t18-,21+,27+,28-/m0/s1. The number of fused-ring (bicyclic) bond motifs is 3. The minimum absolute atomic E-state index is 0.110. The highest BCUT2D eigenvalue weighted by atomic mass is 19.1. The van der Waals surface area contributed by atoms with Crippen molar-refractivity contribution in [2.75, 3.05) is 13.2 Å². The van der Waals surface area contributed by atoms with Crippen LogP contribution in [0.4, 0.5) is 8.78 Å². The van der Waals surface area contributed by atoms with Crippen LogP contribution in [0.25, 0.3) is 11.1 Å². The molecule has 0 radical (unpaired) electrons. The summed E-state index contributed by atoms with van der Waals surface area (Å²) in [7, 11) is 0. The summed E-state index contributed by atoms with van der Waals surface area (Å²) in [4.78, 5) is 4.32. The number of hydrogen-bond donors (Lipinski definition) is 4. The van der Waals surface area contributed by atoms with Gasteiger partial charge in [-0.1, -0.05) is 0 Å². The summed E-state index contributed by atoms with van der Waals surface area (Å²) in [5, 5.41) is 37.4. The first-order valence-corrected chi connectivity index (χ1v) is 12.7. The lowest BCUT2D eigenvalue weighted by molar-refractivity contribution is -0.0617. The van der Waals surface area contributed by atoms with Crippen molar-refractivity contribution in [3.8, 4) is 22.8 Å². The van der Waals surface area contributed by atoms with E-state index in [1.807, 2.05) is 13.8 Å². The Morgan fingerprint density at radius 1 is 1.00 bits per heavy atom. The summed E-state index contributed by atoms with van der Waals surface area (Å²) in [6.45, 7) is 3.37. The predicted molar refractivity (Wildman–Crippen MR) is 135 cm³/mol. The Labute approximate surface area is 219 Å². The molecule has 2 aliphatic rings. The highest BCUT2D eigenvalue weighted by molar-refractivity contribution is 5.73. The predicted octanol–water partition coefficient (Wildman–Crippen LogP) is 3.54. The SMILES string of the molecule is Cc1cc(OCC[C@H](O)CO)cc(C)c1-c1cc(COc2cc3c(cn2)[C@H]2[C@@H](C3)[C@@H]2C(O)O)c(F)cc1F. The molecule has 0 bridgehead atoms. The summed E-state index contributed by atoms with van der Waals surface area (Å²) >= 11 is 0. The van der Waals surface area contributed by atoms with Gasteiger partial charge in [-0.15, -0.1) is 0 Å². The topological polar surface area (TPSA) is 112 Å². The molecule has 3 aromatic rings. The number of rotatable bonds is 10. The first-order chi connectivity index (χ1) is 18.2. The average Bonchev–Trinajstić information content (AvgIpc) is 3.46. The average molecular weight is 528 g/mol. The maximum atomic E-state index is 14.9. The molecule has 1 heterocycles. The molecule has 38 heavy (non-hydrogen) atoms. The highest BCUT2D eigenvalue weighted by Gasteiger charge is 2.58. The molecular weight excluding hydrogens is 496 g/mol. The maximum Gasteiger partial charge on any atom is 0.213 e. The fourth-order valence-electron chi connectivity index (χ4n) is 5.69. The molecule has 0 spiro atoms. The van der Waals surface area contributed by atoms with Crippen molar-refractivity contribution in [2.45, 2.75) is 51.6 Å². The molecule has 2 aliphatic carbocycles. The number of benzene rings is 2. The van der Waals surface area contributed by atoms with Crippen molar-refractivity contribution in [2.24, 2.45) is 11.8 Å². The Morgan fingerprint density at radius 3 is 2.42 bits per heavy atom.